The highest BCUT2D eigenvalue weighted by Gasteiger charge is 2.47. The van der Waals surface area contributed by atoms with Crippen molar-refractivity contribution in [3.05, 3.63) is 71.8 Å². The molecular formula is C16H14O3. The summed E-state index contributed by atoms with van der Waals surface area (Å²) in [4.78, 5) is 11.8. The largest absolute Gasteiger partial charge is 0.459 e. The number of carbonyl (C=O) groups is 1. The Morgan fingerprint density at radius 2 is 1.63 bits per heavy atom. The highest BCUT2D eigenvalue weighted by Crippen LogP contribution is 2.39. The first-order valence-electron chi connectivity index (χ1n) is 6.25. The fourth-order valence-corrected chi connectivity index (χ4v) is 2.00. The molecule has 0 amide bonds. The van der Waals surface area contributed by atoms with Crippen molar-refractivity contribution in [1.82, 2.24) is 0 Å². The molecule has 0 unspecified atom stereocenters. The zero-order valence-electron chi connectivity index (χ0n) is 10.4. The molecule has 19 heavy (non-hydrogen) atoms. The van der Waals surface area contributed by atoms with E-state index in [2.05, 4.69) is 0 Å². The van der Waals surface area contributed by atoms with Crippen molar-refractivity contribution in [2.24, 2.45) is 0 Å². The molecule has 2 aromatic rings. The van der Waals surface area contributed by atoms with E-state index in [0.717, 1.165) is 11.1 Å². The Kier molecular flexibility index (Phi) is 3.29. The molecule has 1 aliphatic rings. The second-order valence-corrected chi connectivity index (χ2v) is 4.48. The molecular weight excluding hydrogens is 240 g/mol. The fraction of sp³-hybridized carbons (Fsp3) is 0.188. The summed E-state index contributed by atoms with van der Waals surface area (Å²) in [7, 11) is 0. The summed E-state index contributed by atoms with van der Waals surface area (Å²) in [5, 5.41) is 0. The van der Waals surface area contributed by atoms with E-state index in [4.69, 9.17) is 9.47 Å². The van der Waals surface area contributed by atoms with Crippen LogP contribution >= 0.6 is 0 Å². The van der Waals surface area contributed by atoms with Crippen LogP contribution in [0.15, 0.2) is 60.7 Å². The van der Waals surface area contributed by atoms with E-state index in [1.165, 1.54) is 0 Å². The van der Waals surface area contributed by atoms with Crippen molar-refractivity contribution >= 4 is 5.97 Å². The van der Waals surface area contributed by atoms with Crippen molar-refractivity contribution in [2.75, 3.05) is 0 Å². The van der Waals surface area contributed by atoms with Crippen LogP contribution < -0.4 is 0 Å². The number of epoxide rings is 1. The van der Waals surface area contributed by atoms with Crippen molar-refractivity contribution in [3.63, 3.8) is 0 Å². The van der Waals surface area contributed by atoms with E-state index in [0.29, 0.717) is 6.61 Å². The van der Waals surface area contributed by atoms with Crippen LogP contribution in [0.4, 0.5) is 0 Å². The van der Waals surface area contributed by atoms with Crippen molar-refractivity contribution in [1.29, 1.82) is 0 Å². The maximum atomic E-state index is 11.8. The SMILES string of the molecule is O=C(OCc1ccccc1)[C@H]1O[C@H]1c1ccccc1. The zero-order valence-corrected chi connectivity index (χ0v) is 10.4. The predicted octanol–water partition coefficient (Wildman–Crippen LogP) is 2.87. The van der Waals surface area contributed by atoms with Gasteiger partial charge < -0.3 is 9.47 Å². The van der Waals surface area contributed by atoms with Crippen LogP contribution in [0, 0.1) is 0 Å². The topological polar surface area (TPSA) is 38.8 Å². The van der Waals surface area contributed by atoms with Crippen molar-refractivity contribution in [3.8, 4) is 0 Å². The van der Waals surface area contributed by atoms with Gasteiger partial charge in [0.05, 0.1) is 0 Å². The van der Waals surface area contributed by atoms with Crippen LogP contribution in [0.25, 0.3) is 0 Å². The molecule has 0 aliphatic carbocycles. The molecule has 1 fully saturated rings. The average molecular weight is 254 g/mol. The molecule has 96 valence electrons. The Morgan fingerprint density at radius 3 is 2.32 bits per heavy atom. The Labute approximate surface area is 111 Å². The maximum Gasteiger partial charge on any atom is 0.338 e. The minimum Gasteiger partial charge on any atom is -0.459 e. The van der Waals surface area contributed by atoms with E-state index in [9.17, 15) is 4.79 Å². The van der Waals surface area contributed by atoms with Gasteiger partial charge >= 0.3 is 5.97 Å². The number of benzene rings is 2. The lowest BCUT2D eigenvalue weighted by Crippen LogP contribution is -2.12. The number of hydrogen-bond donors (Lipinski definition) is 0. The Bertz CT molecular complexity index is 551. The number of esters is 1. The van der Waals surface area contributed by atoms with Crippen LogP contribution in [0.2, 0.25) is 0 Å². The van der Waals surface area contributed by atoms with Crippen LogP contribution in [-0.2, 0) is 20.9 Å². The Balaban J connectivity index is 1.53. The smallest absolute Gasteiger partial charge is 0.338 e. The standard InChI is InChI=1S/C16H14O3/c17-16(18-11-12-7-3-1-4-8-12)15-14(19-15)13-9-5-2-6-10-13/h1-10,14-15H,11H2/t14-,15-/m0/s1. The van der Waals surface area contributed by atoms with Crippen LogP contribution in [0.1, 0.15) is 17.2 Å². The van der Waals surface area contributed by atoms with E-state index < -0.39 is 6.10 Å². The van der Waals surface area contributed by atoms with E-state index in [-0.39, 0.29) is 12.1 Å². The van der Waals surface area contributed by atoms with E-state index in [1.54, 1.807) is 0 Å². The van der Waals surface area contributed by atoms with Crippen molar-refractivity contribution < 1.29 is 14.3 Å². The lowest BCUT2D eigenvalue weighted by molar-refractivity contribution is -0.146. The first-order valence-corrected chi connectivity index (χ1v) is 6.25. The lowest BCUT2D eigenvalue weighted by atomic mass is 10.1. The molecule has 3 rings (SSSR count). The first kappa shape index (κ1) is 11.9. The molecule has 0 N–H and O–H groups in total. The third-order valence-electron chi connectivity index (χ3n) is 3.08. The zero-order chi connectivity index (χ0) is 13.1. The average Bonchev–Trinajstić information content (AvgIpc) is 3.27. The van der Waals surface area contributed by atoms with Gasteiger partial charge in [-0.2, -0.15) is 0 Å². The normalized spacial score (nSPS) is 20.8. The summed E-state index contributed by atoms with van der Waals surface area (Å²) in [5.74, 6) is -0.294. The van der Waals surface area contributed by atoms with Gasteiger partial charge in [0.25, 0.3) is 0 Å². The van der Waals surface area contributed by atoms with E-state index in [1.807, 2.05) is 60.7 Å². The van der Waals surface area contributed by atoms with Gasteiger partial charge in [0.1, 0.15) is 12.7 Å². The highest BCUT2D eigenvalue weighted by atomic mass is 16.6. The molecule has 3 heteroatoms. The van der Waals surface area contributed by atoms with Gasteiger partial charge in [0, 0.05) is 0 Å². The molecule has 2 atom stereocenters. The molecule has 2 aromatic carbocycles. The minimum atomic E-state index is -0.453. The van der Waals surface area contributed by atoms with Crippen molar-refractivity contribution in [2.45, 2.75) is 18.8 Å². The third-order valence-corrected chi connectivity index (χ3v) is 3.08. The first-order chi connectivity index (χ1) is 9.34. The van der Waals surface area contributed by atoms with Crippen LogP contribution in [0.3, 0.4) is 0 Å². The minimum absolute atomic E-state index is 0.149. The number of hydrogen-bond acceptors (Lipinski definition) is 3. The summed E-state index contributed by atoms with van der Waals surface area (Å²) in [6.45, 7) is 0.293. The van der Waals surface area contributed by atoms with Gasteiger partial charge in [0.2, 0.25) is 0 Å². The number of carbonyl (C=O) groups excluding carboxylic acids is 1. The van der Waals surface area contributed by atoms with Gasteiger partial charge in [-0.05, 0) is 11.1 Å². The third kappa shape index (κ3) is 2.83. The molecule has 1 saturated heterocycles. The van der Waals surface area contributed by atoms with Gasteiger partial charge in [0.15, 0.2) is 6.10 Å². The number of ether oxygens (including phenoxy) is 2. The van der Waals surface area contributed by atoms with Gasteiger partial charge in [-0.25, -0.2) is 4.79 Å². The summed E-state index contributed by atoms with van der Waals surface area (Å²) in [5.41, 5.74) is 2.00. The van der Waals surface area contributed by atoms with Gasteiger partial charge in [-0.15, -0.1) is 0 Å². The lowest BCUT2D eigenvalue weighted by Gasteiger charge is -2.02. The molecule has 0 aromatic heterocycles. The molecule has 0 bridgehead atoms. The predicted molar refractivity (Wildman–Crippen MR) is 70.3 cm³/mol. The molecule has 0 radical (unpaired) electrons. The summed E-state index contributed by atoms with van der Waals surface area (Å²) in [6.07, 6.45) is -0.601. The van der Waals surface area contributed by atoms with Crippen LogP contribution in [-0.4, -0.2) is 12.1 Å². The summed E-state index contributed by atoms with van der Waals surface area (Å²) < 4.78 is 10.6. The monoisotopic (exact) mass is 254 g/mol. The fourth-order valence-electron chi connectivity index (χ4n) is 2.00. The summed E-state index contributed by atoms with van der Waals surface area (Å²) >= 11 is 0. The maximum absolute atomic E-state index is 11.8. The summed E-state index contributed by atoms with van der Waals surface area (Å²) in [6, 6.07) is 19.3. The molecule has 0 spiro atoms. The number of rotatable bonds is 4. The van der Waals surface area contributed by atoms with E-state index >= 15 is 0 Å². The Hall–Kier alpha value is -2.13. The molecule has 3 nitrogen and oxygen atoms in total. The quantitative estimate of drug-likeness (QED) is 0.622. The molecule has 1 aliphatic heterocycles. The van der Waals surface area contributed by atoms with Gasteiger partial charge in [-0.1, -0.05) is 60.7 Å². The second-order valence-electron chi connectivity index (χ2n) is 4.48. The van der Waals surface area contributed by atoms with Gasteiger partial charge in [-0.3, -0.25) is 0 Å². The second kappa shape index (κ2) is 5.24. The highest BCUT2D eigenvalue weighted by molar-refractivity contribution is 5.78. The molecule has 0 saturated carbocycles. The Morgan fingerprint density at radius 1 is 1.00 bits per heavy atom. The molecule has 1 heterocycles. The van der Waals surface area contributed by atoms with Crippen LogP contribution in [0.5, 0.6) is 0 Å².